The lowest BCUT2D eigenvalue weighted by atomic mass is 10.0. The highest BCUT2D eigenvalue weighted by Crippen LogP contribution is 2.38. The maximum Gasteiger partial charge on any atom is 0.407 e. The van der Waals surface area contributed by atoms with Crippen molar-refractivity contribution in [3.05, 3.63) is 109 Å². The van der Waals surface area contributed by atoms with E-state index >= 15 is 0 Å². The van der Waals surface area contributed by atoms with E-state index in [1.54, 1.807) is 11.1 Å². The number of carbonyl (C=O) groups excluding carboxylic acids is 3. The molecule has 5 heterocycles. The van der Waals surface area contributed by atoms with E-state index in [2.05, 4.69) is 99.6 Å². The minimum absolute atomic E-state index is 0.126. The molecular formula is C56H69N9O7. The Bertz CT molecular complexity index is 2790. The Morgan fingerprint density at radius 1 is 0.708 bits per heavy atom. The fourth-order valence-electron chi connectivity index (χ4n) is 10.2. The molecule has 0 bridgehead atoms. The molecule has 16 nitrogen and oxygen atoms in total. The minimum Gasteiger partial charge on any atom is -0.494 e. The lowest BCUT2D eigenvalue weighted by Crippen LogP contribution is -2.51. The molecule has 0 aliphatic carbocycles. The predicted octanol–water partition coefficient (Wildman–Crippen LogP) is 10.9. The molecule has 4 amide bonds. The van der Waals surface area contributed by atoms with E-state index in [-0.39, 0.29) is 35.7 Å². The number of alkyl carbamates (subject to hydrolysis) is 1. The molecule has 2 saturated heterocycles. The molecule has 8 rings (SSSR count). The van der Waals surface area contributed by atoms with Crippen LogP contribution in [0.5, 0.6) is 5.75 Å². The van der Waals surface area contributed by atoms with Crippen molar-refractivity contribution < 1.29 is 33.8 Å². The Hall–Kier alpha value is -7.36. The fraction of sp³-hybridized carbons (Fsp3) is 0.429. The summed E-state index contributed by atoms with van der Waals surface area (Å²) in [6.45, 7) is 11.5. The number of hydrogen-bond acceptors (Lipinski definition) is 8. The van der Waals surface area contributed by atoms with Crippen LogP contribution in [0.4, 0.5) is 9.59 Å². The molecule has 4 N–H and O–H groups in total. The van der Waals surface area contributed by atoms with Crippen LogP contribution in [0.2, 0.25) is 0 Å². The van der Waals surface area contributed by atoms with Crippen LogP contribution in [0.3, 0.4) is 0 Å². The maximum atomic E-state index is 13.8. The molecule has 4 atom stereocenters. The number of unbranched alkanes of at least 4 members (excludes halogenated alkanes) is 3. The quantitative estimate of drug-likeness (QED) is 0.0572. The van der Waals surface area contributed by atoms with Gasteiger partial charge in [0.2, 0.25) is 11.8 Å². The normalized spacial score (nSPS) is 16.6. The highest BCUT2D eigenvalue weighted by molar-refractivity contribution is 5.87. The zero-order valence-electron chi connectivity index (χ0n) is 42.6. The Morgan fingerprint density at radius 2 is 1.22 bits per heavy atom. The topological polar surface area (TPSA) is 191 Å². The summed E-state index contributed by atoms with van der Waals surface area (Å²) in [7, 11) is 2.75. The van der Waals surface area contributed by atoms with E-state index in [0.717, 1.165) is 99.9 Å². The van der Waals surface area contributed by atoms with Crippen LogP contribution in [-0.2, 0) is 14.3 Å². The van der Waals surface area contributed by atoms with Gasteiger partial charge in [0, 0.05) is 25.8 Å². The van der Waals surface area contributed by atoms with E-state index in [0.29, 0.717) is 31.3 Å². The standard InChI is InChI=1S/C56H69N9O7/c1-8-9-10-11-32-72-42-26-24-41(25-27-42)65-45(39-20-16-37(17-21-39)43-33-57-51(59-43)47-14-12-30-63(47)53(66)49(35(2)3)61-55(68)71-7)28-29-46(65)40-22-18-38(19-23-40)44-34-58-52(60-44)48-15-13-31-64(48)54(67)50(36(4)5)62(6)56(69)70/h16-29,33-36,47-50H,8-15,30-32H2,1-7H3,(H,57,59)(H,58,60)(H,61,68)(H,69,70)/t47-,48-,49-,50-/m0/s1. The number of nitrogens with one attached hydrogen (secondary N) is 3. The summed E-state index contributed by atoms with van der Waals surface area (Å²) in [6, 6.07) is 27.3. The van der Waals surface area contributed by atoms with Crippen molar-refractivity contribution in [2.45, 2.75) is 110 Å². The predicted molar refractivity (Wildman–Crippen MR) is 277 cm³/mol. The van der Waals surface area contributed by atoms with Crippen LogP contribution >= 0.6 is 0 Å². The number of likely N-dealkylation sites (tertiary alicyclic amines) is 2. The third-order valence-electron chi connectivity index (χ3n) is 14.1. The third-order valence-corrected chi connectivity index (χ3v) is 14.1. The summed E-state index contributed by atoms with van der Waals surface area (Å²) in [5.74, 6) is 1.55. The summed E-state index contributed by atoms with van der Waals surface area (Å²) < 4.78 is 13.2. The number of benzene rings is 3. The monoisotopic (exact) mass is 980 g/mol. The lowest BCUT2D eigenvalue weighted by molar-refractivity contribution is -0.138. The molecule has 0 radical (unpaired) electrons. The molecule has 0 unspecified atom stereocenters. The van der Waals surface area contributed by atoms with Crippen molar-refractivity contribution in [2.75, 3.05) is 33.9 Å². The van der Waals surface area contributed by atoms with Crippen LogP contribution in [0.15, 0.2) is 97.3 Å². The van der Waals surface area contributed by atoms with E-state index in [4.69, 9.17) is 19.4 Å². The zero-order chi connectivity index (χ0) is 51.1. The fourth-order valence-corrected chi connectivity index (χ4v) is 10.2. The van der Waals surface area contributed by atoms with Gasteiger partial charge in [-0.15, -0.1) is 0 Å². The molecule has 2 fully saturated rings. The smallest absolute Gasteiger partial charge is 0.407 e. The first-order valence-corrected chi connectivity index (χ1v) is 25.4. The number of hydrogen-bond donors (Lipinski definition) is 4. The van der Waals surface area contributed by atoms with Crippen LogP contribution in [0.25, 0.3) is 50.7 Å². The van der Waals surface area contributed by atoms with Crippen molar-refractivity contribution in [1.82, 2.24) is 44.5 Å². The molecule has 2 aliphatic rings. The second kappa shape index (κ2) is 22.8. The van der Waals surface area contributed by atoms with Gasteiger partial charge in [0.15, 0.2) is 0 Å². The number of H-pyrrole nitrogens is 2. The van der Waals surface area contributed by atoms with Crippen molar-refractivity contribution in [1.29, 1.82) is 0 Å². The van der Waals surface area contributed by atoms with Gasteiger partial charge in [-0.2, -0.15) is 0 Å². The Labute approximate surface area is 422 Å². The number of amides is 4. The second-order valence-electron chi connectivity index (χ2n) is 19.7. The van der Waals surface area contributed by atoms with Gasteiger partial charge in [0.1, 0.15) is 29.5 Å². The number of methoxy groups -OCH3 is 1. The van der Waals surface area contributed by atoms with Gasteiger partial charge in [-0.25, -0.2) is 19.6 Å². The number of imidazole rings is 2. The van der Waals surface area contributed by atoms with E-state index in [1.807, 2.05) is 50.9 Å². The second-order valence-corrected chi connectivity index (χ2v) is 19.7. The maximum absolute atomic E-state index is 13.8. The van der Waals surface area contributed by atoms with Gasteiger partial charge in [-0.3, -0.25) is 14.5 Å². The van der Waals surface area contributed by atoms with E-state index < -0.39 is 24.3 Å². The summed E-state index contributed by atoms with van der Waals surface area (Å²) in [4.78, 5) is 72.8. The van der Waals surface area contributed by atoms with Gasteiger partial charge in [-0.1, -0.05) is 102 Å². The molecule has 6 aromatic rings. The molecule has 0 spiro atoms. The molecule has 72 heavy (non-hydrogen) atoms. The third kappa shape index (κ3) is 11.1. The van der Waals surface area contributed by atoms with E-state index in [9.17, 15) is 24.3 Å². The van der Waals surface area contributed by atoms with Gasteiger partial charge in [0.05, 0.1) is 61.0 Å². The van der Waals surface area contributed by atoms with Gasteiger partial charge >= 0.3 is 12.2 Å². The highest BCUT2D eigenvalue weighted by atomic mass is 16.5. The molecule has 380 valence electrons. The van der Waals surface area contributed by atoms with Crippen molar-refractivity contribution >= 4 is 24.0 Å². The number of ether oxygens (including phenoxy) is 2. The van der Waals surface area contributed by atoms with Crippen molar-refractivity contribution in [3.8, 4) is 56.5 Å². The first-order valence-electron chi connectivity index (χ1n) is 25.4. The lowest BCUT2D eigenvalue weighted by Gasteiger charge is -2.33. The minimum atomic E-state index is -1.13. The van der Waals surface area contributed by atoms with Gasteiger partial charge in [-0.05, 0) is 103 Å². The molecule has 0 saturated carbocycles. The first-order chi connectivity index (χ1) is 34.8. The molecule has 16 heteroatoms. The average molecular weight is 980 g/mol. The summed E-state index contributed by atoms with van der Waals surface area (Å²) in [5, 5.41) is 12.4. The van der Waals surface area contributed by atoms with E-state index in [1.165, 1.54) is 27.0 Å². The van der Waals surface area contributed by atoms with Crippen LogP contribution in [0, 0.1) is 11.8 Å². The number of carbonyl (C=O) groups is 4. The molecule has 2 aliphatic heterocycles. The largest absolute Gasteiger partial charge is 0.494 e. The SMILES string of the molecule is CCCCCCOc1ccc(-n2c(-c3ccc(-c4cnc([C@@H]5CCCN5C(=O)[C@@H](NC(=O)OC)C(C)C)[nH]4)cc3)ccc2-c2ccc(-c3cnc([C@@H]4CCCN4C(=O)[C@H](C(C)C)N(C)C(=O)O)[nH]3)cc2)cc1. The molecular weight excluding hydrogens is 911 g/mol. The number of aromatic amines is 2. The van der Waals surface area contributed by atoms with Gasteiger partial charge in [0.25, 0.3) is 0 Å². The average Bonchev–Trinajstić information content (AvgIpc) is 4.25. The summed E-state index contributed by atoms with van der Waals surface area (Å²) in [5.41, 5.74) is 8.57. The highest BCUT2D eigenvalue weighted by Gasteiger charge is 2.40. The first kappa shape index (κ1) is 51.0. The van der Waals surface area contributed by atoms with Crippen LogP contribution in [-0.4, -0.2) is 114 Å². The van der Waals surface area contributed by atoms with Crippen LogP contribution in [0.1, 0.15) is 110 Å². The zero-order valence-corrected chi connectivity index (χ0v) is 42.6. The molecule has 3 aromatic heterocycles. The Kier molecular flexibility index (Phi) is 16.2. The van der Waals surface area contributed by atoms with Gasteiger partial charge < -0.3 is 44.2 Å². The summed E-state index contributed by atoms with van der Waals surface area (Å²) in [6.07, 6.45) is 9.53. The molecule has 3 aromatic carbocycles. The van der Waals surface area contributed by atoms with Crippen molar-refractivity contribution in [3.63, 3.8) is 0 Å². The van der Waals surface area contributed by atoms with Crippen LogP contribution < -0.4 is 10.1 Å². The number of carboxylic acid groups (broad SMARTS) is 1. The number of nitrogens with zero attached hydrogens (tertiary/aromatic N) is 6. The number of likely N-dealkylation sites (N-methyl/N-ethyl adjacent to an activating group) is 1. The van der Waals surface area contributed by atoms with Crippen molar-refractivity contribution in [2.24, 2.45) is 11.8 Å². The Balaban J connectivity index is 1.04. The summed E-state index contributed by atoms with van der Waals surface area (Å²) >= 11 is 0. The Morgan fingerprint density at radius 3 is 1.69 bits per heavy atom. The number of aromatic nitrogens is 5. The number of rotatable bonds is 19.